The number of halogens is 1. The molecule has 0 bridgehead atoms. The van der Waals surface area contributed by atoms with Gasteiger partial charge in [-0.2, -0.15) is 0 Å². The van der Waals surface area contributed by atoms with E-state index in [-0.39, 0.29) is 14.6 Å². The molecule has 0 amide bonds. The van der Waals surface area contributed by atoms with E-state index in [1.54, 1.807) is 0 Å². The van der Waals surface area contributed by atoms with Gasteiger partial charge in [-0.25, -0.2) is 0 Å². The van der Waals surface area contributed by atoms with E-state index in [2.05, 4.69) is 90.2 Å². The predicted molar refractivity (Wildman–Crippen MR) is 134 cm³/mol. The van der Waals surface area contributed by atoms with Gasteiger partial charge in [0, 0.05) is 38.5 Å². The maximum absolute atomic E-state index is 5.88. The van der Waals surface area contributed by atoms with E-state index in [0.29, 0.717) is 11.8 Å². The Morgan fingerprint density at radius 3 is 1.69 bits per heavy atom. The Morgan fingerprint density at radius 2 is 1.21 bits per heavy atom. The van der Waals surface area contributed by atoms with Gasteiger partial charge in [0.25, 0.3) is 0 Å². The lowest BCUT2D eigenvalue weighted by Gasteiger charge is -2.38. The Balaban J connectivity index is 3.84. The van der Waals surface area contributed by atoms with Crippen LogP contribution in [0.3, 0.4) is 0 Å². The second-order valence-corrected chi connectivity index (χ2v) is 13.1. The van der Waals surface area contributed by atoms with Crippen molar-refractivity contribution in [1.82, 2.24) is 5.32 Å². The van der Waals surface area contributed by atoms with Gasteiger partial charge in [0.2, 0.25) is 0 Å². The van der Waals surface area contributed by atoms with Gasteiger partial charge in [-0.1, -0.05) is 27.7 Å². The highest BCUT2D eigenvalue weighted by Gasteiger charge is 2.31. The van der Waals surface area contributed by atoms with Crippen molar-refractivity contribution in [3.8, 4) is 0 Å². The number of hydrogen-bond donors (Lipinski definition) is 1. The Labute approximate surface area is 195 Å². The van der Waals surface area contributed by atoms with Crippen molar-refractivity contribution in [3.05, 3.63) is 0 Å². The van der Waals surface area contributed by atoms with Crippen LogP contribution in [0.4, 0.5) is 0 Å². The monoisotopic (exact) mass is 527 g/mol. The van der Waals surface area contributed by atoms with Crippen LogP contribution in [-0.4, -0.2) is 48.7 Å². The number of rotatable bonds is 17. The highest BCUT2D eigenvalue weighted by atomic mass is 127. The molecule has 0 rings (SSSR count). The molecule has 176 valence electrons. The summed E-state index contributed by atoms with van der Waals surface area (Å²) >= 11 is 2.32. The molecule has 4 nitrogen and oxygen atoms in total. The minimum Gasteiger partial charge on any atom is -0.381 e. The van der Waals surface area contributed by atoms with Crippen LogP contribution < -0.4 is 5.32 Å². The molecule has 0 aliphatic rings. The maximum Gasteiger partial charge on any atom is 0.113 e. The first-order valence-corrected chi connectivity index (χ1v) is 12.6. The third-order valence-electron chi connectivity index (χ3n) is 5.96. The standard InChI is InChI=1S/C24H50INO3/c1-20(12-17-27-15-10-11-16-29-24(8,9)25)23(6,7)21(2)13-18-28-19-14-26-22(3,4)5/h20-21,26H,10-19H2,1-9H3/t20-,21+/m1/s1. The van der Waals surface area contributed by atoms with Crippen LogP contribution in [0.5, 0.6) is 0 Å². The van der Waals surface area contributed by atoms with Gasteiger partial charge in [-0.15, -0.1) is 0 Å². The van der Waals surface area contributed by atoms with Crippen LogP contribution in [0.25, 0.3) is 0 Å². The zero-order valence-electron chi connectivity index (χ0n) is 20.8. The van der Waals surface area contributed by atoms with Crippen LogP contribution >= 0.6 is 22.6 Å². The van der Waals surface area contributed by atoms with Gasteiger partial charge >= 0.3 is 0 Å². The third kappa shape index (κ3) is 16.9. The largest absolute Gasteiger partial charge is 0.381 e. The van der Waals surface area contributed by atoms with Gasteiger partial charge in [0.05, 0.1) is 6.61 Å². The molecule has 0 saturated carbocycles. The normalized spacial score (nSPS) is 15.5. The molecule has 2 atom stereocenters. The van der Waals surface area contributed by atoms with Crippen LogP contribution in [0, 0.1) is 17.3 Å². The summed E-state index contributed by atoms with van der Waals surface area (Å²) in [5.74, 6) is 1.25. The minimum absolute atomic E-state index is 0.0648. The Kier molecular flexibility index (Phi) is 14.9. The summed E-state index contributed by atoms with van der Waals surface area (Å²) in [7, 11) is 0. The molecule has 0 aliphatic heterocycles. The van der Waals surface area contributed by atoms with E-state index in [1.165, 1.54) is 0 Å². The number of unbranched alkanes of at least 4 members (excludes halogenated alkanes) is 1. The van der Waals surface area contributed by atoms with Crippen molar-refractivity contribution in [2.75, 3.05) is 39.6 Å². The molecule has 0 saturated heterocycles. The van der Waals surface area contributed by atoms with Crippen molar-refractivity contribution < 1.29 is 14.2 Å². The van der Waals surface area contributed by atoms with Crippen LogP contribution in [0.15, 0.2) is 0 Å². The molecule has 0 aromatic carbocycles. The number of alkyl halides is 1. The third-order valence-corrected chi connectivity index (χ3v) is 6.27. The van der Waals surface area contributed by atoms with E-state index in [0.717, 1.165) is 65.3 Å². The quantitative estimate of drug-likeness (QED) is 0.134. The van der Waals surface area contributed by atoms with Crippen molar-refractivity contribution in [2.24, 2.45) is 17.3 Å². The lowest BCUT2D eigenvalue weighted by molar-refractivity contribution is 0.0428. The van der Waals surface area contributed by atoms with Gasteiger partial charge in [0.1, 0.15) is 3.61 Å². The molecular weight excluding hydrogens is 477 g/mol. The highest BCUT2D eigenvalue weighted by Crippen LogP contribution is 2.38. The molecule has 0 aliphatic carbocycles. The first-order valence-electron chi connectivity index (χ1n) is 11.5. The van der Waals surface area contributed by atoms with E-state index >= 15 is 0 Å². The van der Waals surface area contributed by atoms with Gasteiger partial charge in [-0.3, -0.25) is 0 Å². The van der Waals surface area contributed by atoms with Crippen molar-refractivity contribution >= 4 is 22.6 Å². The summed E-state index contributed by atoms with van der Waals surface area (Å²) < 4.78 is 17.4. The summed E-state index contributed by atoms with van der Waals surface area (Å²) in [5, 5.41) is 3.46. The van der Waals surface area contributed by atoms with Gasteiger partial charge < -0.3 is 19.5 Å². The number of hydrogen-bond acceptors (Lipinski definition) is 4. The second-order valence-electron chi connectivity index (χ2n) is 10.5. The smallest absolute Gasteiger partial charge is 0.113 e. The summed E-state index contributed by atoms with van der Waals surface area (Å²) in [6, 6.07) is 0. The van der Waals surface area contributed by atoms with E-state index in [1.807, 2.05) is 0 Å². The molecular formula is C24H50INO3. The molecule has 0 unspecified atom stereocenters. The summed E-state index contributed by atoms with van der Waals surface area (Å²) in [6.07, 6.45) is 4.37. The molecule has 0 aromatic rings. The zero-order chi connectivity index (χ0) is 22.6. The van der Waals surface area contributed by atoms with E-state index in [9.17, 15) is 0 Å². The fourth-order valence-corrected chi connectivity index (χ4v) is 3.29. The lowest BCUT2D eigenvalue weighted by Crippen LogP contribution is -2.38. The second kappa shape index (κ2) is 14.6. The van der Waals surface area contributed by atoms with E-state index in [4.69, 9.17) is 14.2 Å². The summed E-state index contributed by atoms with van der Waals surface area (Å²) in [4.78, 5) is 0. The molecule has 0 fully saturated rings. The van der Waals surface area contributed by atoms with Crippen molar-refractivity contribution in [3.63, 3.8) is 0 Å². The number of nitrogens with one attached hydrogen (secondary N) is 1. The molecule has 1 N–H and O–H groups in total. The Hall–Kier alpha value is 0.570. The highest BCUT2D eigenvalue weighted by molar-refractivity contribution is 14.1. The molecule has 0 aromatic heterocycles. The SMILES string of the molecule is C[C@H](CCOCCCCOC(C)(C)I)C(C)(C)[C@@H](C)CCOCCNC(C)(C)C. The van der Waals surface area contributed by atoms with Crippen LogP contribution in [0.1, 0.15) is 88.0 Å². The fraction of sp³-hybridized carbons (Fsp3) is 1.00. The van der Waals surface area contributed by atoms with Crippen molar-refractivity contribution in [1.29, 1.82) is 0 Å². The zero-order valence-corrected chi connectivity index (χ0v) is 23.0. The average molecular weight is 528 g/mol. The first-order chi connectivity index (χ1) is 13.3. The first kappa shape index (κ1) is 29.6. The van der Waals surface area contributed by atoms with Crippen LogP contribution in [0.2, 0.25) is 0 Å². The predicted octanol–water partition coefficient (Wildman–Crippen LogP) is 6.45. The molecule has 0 radical (unpaired) electrons. The van der Waals surface area contributed by atoms with Crippen molar-refractivity contribution in [2.45, 2.75) is 97.1 Å². The Morgan fingerprint density at radius 1 is 0.724 bits per heavy atom. The summed E-state index contributed by atoms with van der Waals surface area (Å²) in [6.45, 7) is 25.3. The minimum atomic E-state index is -0.0648. The van der Waals surface area contributed by atoms with Gasteiger partial charge in [-0.05, 0) is 100 Å². The average Bonchev–Trinajstić information content (AvgIpc) is 2.57. The molecule has 29 heavy (non-hydrogen) atoms. The molecule has 0 spiro atoms. The topological polar surface area (TPSA) is 39.7 Å². The van der Waals surface area contributed by atoms with E-state index < -0.39 is 0 Å². The Bertz CT molecular complexity index is 402. The number of ether oxygens (including phenoxy) is 3. The molecule has 0 heterocycles. The fourth-order valence-electron chi connectivity index (χ4n) is 3.07. The summed E-state index contributed by atoms with van der Waals surface area (Å²) in [5.41, 5.74) is 0.451. The van der Waals surface area contributed by atoms with Gasteiger partial charge in [0.15, 0.2) is 0 Å². The van der Waals surface area contributed by atoms with Crippen LogP contribution in [-0.2, 0) is 14.2 Å². The molecule has 5 heteroatoms. The maximum atomic E-state index is 5.88. The lowest BCUT2D eigenvalue weighted by atomic mass is 9.68.